The topological polar surface area (TPSA) is 42.2 Å². The van der Waals surface area contributed by atoms with Crippen molar-refractivity contribution in [1.82, 2.24) is 5.32 Å². The highest BCUT2D eigenvalue weighted by Crippen LogP contribution is 2.15. The lowest BCUT2D eigenvalue weighted by atomic mass is 9.99. The molecule has 0 saturated heterocycles. The average Bonchev–Trinajstić information content (AvgIpc) is 2.65. The monoisotopic (exact) mass is 191 g/mol. The van der Waals surface area contributed by atoms with Gasteiger partial charge in [0.25, 0.3) is 0 Å². The highest BCUT2D eigenvalue weighted by atomic mass is 16.3. The van der Waals surface area contributed by atoms with Crippen molar-refractivity contribution in [2.75, 3.05) is 0 Å². The Balaban J connectivity index is 2.16. The van der Waals surface area contributed by atoms with Gasteiger partial charge in [-0.3, -0.25) is 4.79 Å². The second-order valence-corrected chi connectivity index (χ2v) is 3.45. The SMILES string of the molecule is Cc1occc1C(=O)C1CCC=CN1. The molecular formula is C11H13NO2. The minimum atomic E-state index is -0.0868. The Morgan fingerprint density at radius 1 is 1.64 bits per heavy atom. The van der Waals surface area contributed by atoms with Gasteiger partial charge in [-0.25, -0.2) is 0 Å². The first kappa shape index (κ1) is 9.06. The molecule has 2 heterocycles. The van der Waals surface area contributed by atoms with E-state index in [1.54, 1.807) is 12.3 Å². The second kappa shape index (κ2) is 3.70. The molecule has 0 amide bonds. The normalized spacial score (nSPS) is 20.5. The molecule has 1 aliphatic heterocycles. The third-order valence-electron chi connectivity index (χ3n) is 2.48. The van der Waals surface area contributed by atoms with Crippen molar-refractivity contribution >= 4 is 5.78 Å². The Bertz CT molecular complexity index is 365. The number of hydrogen-bond acceptors (Lipinski definition) is 3. The van der Waals surface area contributed by atoms with E-state index in [2.05, 4.69) is 5.32 Å². The van der Waals surface area contributed by atoms with Gasteiger partial charge in [0.2, 0.25) is 0 Å². The maximum absolute atomic E-state index is 11.9. The van der Waals surface area contributed by atoms with Gasteiger partial charge in [0.1, 0.15) is 5.76 Å². The summed E-state index contributed by atoms with van der Waals surface area (Å²) in [6.45, 7) is 1.81. The minimum Gasteiger partial charge on any atom is -0.469 e. The molecule has 1 atom stereocenters. The molecule has 74 valence electrons. The van der Waals surface area contributed by atoms with Crippen LogP contribution in [0.1, 0.15) is 29.0 Å². The standard InChI is InChI=1S/C11H13NO2/c1-8-9(5-7-14-8)11(13)10-4-2-3-6-12-10/h3,5-7,10,12H,2,4H2,1H3. The highest BCUT2D eigenvalue weighted by Gasteiger charge is 2.22. The summed E-state index contributed by atoms with van der Waals surface area (Å²) in [6.07, 6.45) is 7.26. The quantitative estimate of drug-likeness (QED) is 0.727. The van der Waals surface area contributed by atoms with Gasteiger partial charge >= 0.3 is 0 Å². The van der Waals surface area contributed by atoms with E-state index >= 15 is 0 Å². The first-order valence-corrected chi connectivity index (χ1v) is 4.78. The molecule has 3 heteroatoms. The molecule has 1 aromatic heterocycles. The smallest absolute Gasteiger partial charge is 0.188 e. The maximum atomic E-state index is 11.9. The van der Waals surface area contributed by atoms with E-state index in [-0.39, 0.29) is 11.8 Å². The van der Waals surface area contributed by atoms with Gasteiger partial charge in [-0.05, 0) is 32.0 Å². The van der Waals surface area contributed by atoms with E-state index in [1.165, 1.54) is 0 Å². The van der Waals surface area contributed by atoms with Crippen LogP contribution in [-0.4, -0.2) is 11.8 Å². The molecule has 0 bridgehead atoms. The van der Waals surface area contributed by atoms with Crippen LogP contribution in [0.2, 0.25) is 0 Å². The van der Waals surface area contributed by atoms with Crippen molar-refractivity contribution in [1.29, 1.82) is 0 Å². The van der Waals surface area contributed by atoms with Crippen LogP contribution >= 0.6 is 0 Å². The molecule has 0 aromatic carbocycles. The number of ketones is 1. The molecule has 14 heavy (non-hydrogen) atoms. The van der Waals surface area contributed by atoms with E-state index < -0.39 is 0 Å². The number of furan rings is 1. The molecule has 1 unspecified atom stereocenters. The van der Waals surface area contributed by atoms with E-state index in [0.717, 1.165) is 12.8 Å². The number of aryl methyl sites for hydroxylation is 1. The molecular weight excluding hydrogens is 178 g/mol. The zero-order valence-electron chi connectivity index (χ0n) is 8.12. The van der Waals surface area contributed by atoms with Gasteiger partial charge in [-0.2, -0.15) is 0 Å². The van der Waals surface area contributed by atoms with Crippen LogP contribution in [0.5, 0.6) is 0 Å². The molecule has 1 aliphatic rings. The summed E-state index contributed by atoms with van der Waals surface area (Å²) in [6, 6.07) is 1.65. The van der Waals surface area contributed by atoms with Crippen LogP contribution in [-0.2, 0) is 0 Å². The average molecular weight is 191 g/mol. The van der Waals surface area contributed by atoms with Crippen molar-refractivity contribution in [3.63, 3.8) is 0 Å². The van der Waals surface area contributed by atoms with E-state index in [1.807, 2.05) is 19.2 Å². The number of Topliss-reactive ketones (excluding diaryl/α,β-unsaturated/α-hetero) is 1. The molecule has 3 nitrogen and oxygen atoms in total. The molecule has 0 aliphatic carbocycles. The molecule has 1 aromatic rings. The van der Waals surface area contributed by atoms with Crippen molar-refractivity contribution < 1.29 is 9.21 Å². The fraction of sp³-hybridized carbons (Fsp3) is 0.364. The Hall–Kier alpha value is -1.51. The van der Waals surface area contributed by atoms with Crippen LogP contribution < -0.4 is 5.32 Å². The summed E-state index contributed by atoms with van der Waals surface area (Å²) in [5.41, 5.74) is 0.692. The summed E-state index contributed by atoms with van der Waals surface area (Å²) in [5, 5.41) is 3.06. The molecule has 0 fully saturated rings. The number of rotatable bonds is 2. The Labute approximate surface area is 82.8 Å². The summed E-state index contributed by atoms with van der Waals surface area (Å²) >= 11 is 0. The number of hydrogen-bond donors (Lipinski definition) is 1. The fourth-order valence-corrected chi connectivity index (χ4v) is 1.65. The maximum Gasteiger partial charge on any atom is 0.188 e. The highest BCUT2D eigenvalue weighted by molar-refractivity contribution is 6.01. The third-order valence-corrected chi connectivity index (χ3v) is 2.48. The van der Waals surface area contributed by atoms with Gasteiger partial charge in [0.05, 0.1) is 17.9 Å². The summed E-state index contributed by atoms with van der Waals surface area (Å²) in [5.74, 6) is 0.826. The van der Waals surface area contributed by atoms with Crippen LogP contribution in [0.25, 0.3) is 0 Å². The van der Waals surface area contributed by atoms with Gasteiger partial charge in [0.15, 0.2) is 5.78 Å². The summed E-state index contributed by atoms with van der Waals surface area (Å²) in [4.78, 5) is 11.9. The van der Waals surface area contributed by atoms with Crippen LogP contribution in [0, 0.1) is 6.92 Å². The lowest BCUT2D eigenvalue weighted by molar-refractivity contribution is 0.0942. The fourth-order valence-electron chi connectivity index (χ4n) is 1.65. The van der Waals surface area contributed by atoms with E-state index in [0.29, 0.717) is 11.3 Å². The first-order chi connectivity index (χ1) is 6.79. The van der Waals surface area contributed by atoms with Gasteiger partial charge in [-0.1, -0.05) is 6.08 Å². The Kier molecular flexibility index (Phi) is 2.39. The molecule has 0 radical (unpaired) electrons. The predicted octanol–water partition coefficient (Wildman–Crippen LogP) is 2.04. The van der Waals surface area contributed by atoms with Crippen LogP contribution in [0.3, 0.4) is 0 Å². The molecule has 0 spiro atoms. The zero-order chi connectivity index (χ0) is 9.97. The van der Waals surface area contributed by atoms with Crippen LogP contribution in [0.15, 0.2) is 29.0 Å². The van der Waals surface area contributed by atoms with Crippen molar-refractivity contribution in [2.45, 2.75) is 25.8 Å². The van der Waals surface area contributed by atoms with E-state index in [9.17, 15) is 4.79 Å². The number of carbonyl (C=O) groups is 1. The van der Waals surface area contributed by atoms with Gasteiger partial charge < -0.3 is 9.73 Å². The molecule has 2 rings (SSSR count). The number of nitrogens with one attached hydrogen (secondary N) is 1. The van der Waals surface area contributed by atoms with Gasteiger partial charge in [0, 0.05) is 0 Å². The van der Waals surface area contributed by atoms with E-state index in [4.69, 9.17) is 4.42 Å². The third kappa shape index (κ3) is 1.58. The van der Waals surface area contributed by atoms with Crippen molar-refractivity contribution in [2.24, 2.45) is 0 Å². The number of carbonyl (C=O) groups excluding carboxylic acids is 1. The zero-order valence-corrected chi connectivity index (χ0v) is 8.12. The van der Waals surface area contributed by atoms with Crippen LogP contribution in [0.4, 0.5) is 0 Å². The largest absolute Gasteiger partial charge is 0.469 e. The second-order valence-electron chi connectivity index (χ2n) is 3.45. The Morgan fingerprint density at radius 2 is 2.50 bits per heavy atom. The first-order valence-electron chi connectivity index (χ1n) is 4.78. The van der Waals surface area contributed by atoms with Gasteiger partial charge in [-0.15, -0.1) is 0 Å². The predicted molar refractivity (Wildman–Crippen MR) is 53.1 cm³/mol. The molecule has 0 saturated carbocycles. The Morgan fingerprint density at radius 3 is 3.07 bits per heavy atom. The lowest BCUT2D eigenvalue weighted by Crippen LogP contribution is -2.35. The summed E-state index contributed by atoms with van der Waals surface area (Å²) in [7, 11) is 0. The summed E-state index contributed by atoms with van der Waals surface area (Å²) < 4.78 is 5.11. The number of allylic oxidation sites excluding steroid dienone is 1. The lowest BCUT2D eigenvalue weighted by Gasteiger charge is -2.18. The van der Waals surface area contributed by atoms with Crippen molar-refractivity contribution in [3.05, 3.63) is 35.9 Å². The van der Waals surface area contributed by atoms with Crippen molar-refractivity contribution in [3.8, 4) is 0 Å². The minimum absolute atomic E-state index is 0.0868. The molecule has 1 N–H and O–H groups in total.